The maximum Gasteiger partial charge on any atom is 0.292 e. The highest BCUT2D eigenvalue weighted by atomic mass is 16.6. The topological polar surface area (TPSA) is 85.4 Å². The van der Waals surface area contributed by atoms with Gasteiger partial charge in [0, 0.05) is 6.07 Å². The van der Waals surface area contributed by atoms with Crippen LogP contribution >= 0.6 is 0 Å². The fraction of sp³-hybridized carbons (Fsp3) is 0.0833. The molecule has 0 fully saturated rings. The lowest BCUT2D eigenvalue weighted by atomic mass is 10.2. The van der Waals surface area contributed by atoms with Gasteiger partial charge in [0.15, 0.2) is 5.76 Å². The smallest absolute Gasteiger partial charge is 0.292 e. The number of anilines is 1. The summed E-state index contributed by atoms with van der Waals surface area (Å²) < 4.78 is 5.14. The highest BCUT2D eigenvalue weighted by Crippen LogP contribution is 2.23. The molecule has 1 aromatic carbocycles. The number of furan rings is 1. The Morgan fingerprint density at radius 3 is 2.61 bits per heavy atom. The van der Waals surface area contributed by atoms with Crippen LogP contribution < -0.4 is 5.32 Å². The van der Waals surface area contributed by atoms with Crippen LogP contribution in [0.1, 0.15) is 16.3 Å². The molecule has 0 aliphatic heterocycles. The Bertz CT molecular complexity index is 604. The molecule has 6 nitrogen and oxygen atoms in total. The van der Waals surface area contributed by atoms with Crippen LogP contribution in [0.2, 0.25) is 0 Å². The molecule has 0 spiro atoms. The van der Waals surface area contributed by atoms with Crippen LogP contribution in [0.25, 0.3) is 0 Å². The van der Waals surface area contributed by atoms with Crippen LogP contribution in [0.4, 0.5) is 11.4 Å². The van der Waals surface area contributed by atoms with Crippen molar-refractivity contribution in [3.05, 3.63) is 58.0 Å². The van der Waals surface area contributed by atoms with Gasteiger partial charge < -0.3 is 9.73 Å². The molecule has 1 amide bonds. The molecule has 6 heteroatoms. The van der Waals surface area contributed by atoms with Gasteiger partial charge in [0.2, 0.25) is 0 Å². The van der Waals surface area contributed by atoms with E-state index in [1.54, 1.807) is 19.1 Å². The third-order valence-corrected chi connectivity index (χ3v) is 2.31. The standard InChI is InChI=1S/C12H10N2O4/c1-8-6-7-11(18-8)12(15)13-9-4-2-3-5-10(9)14(16)17/h2-7H,1H3,(H,13,15). The molecule has 92 valence electrons. The quantitative estimate of drug-likeness (QED) is 0.666. The molecule has 1 heterocycles. The zero-order valence-electron chi connectivity index (χ0n) is 9.54. The number of benzene rings is 1. The number of aryl methyl sites for hydroxylation is 1. The number of hydrogen-bond acceptors (Lipinski definition) is 4. The van der Waals surface area contributed by atoms with Crippen molar-refractivity contribution in [2.24, 2.45) is 0 Å². The minimum Gasteiger partial charge on any atom is -0.456 e. The molecule has 0 atom stereocenters. The zero-order valence-corrected chi connectivity index (χ0v) is 9.54. The van der Waals surface area contributed by atoms with Crippen molar-refractivity contribution < 1.29 is 14.1 Å². The van der Waals surface area contributed by atoms with E-state index in [9.17, 15) is 14.9 Å². The Hall–Kier alpha value is -2.63. The minimum absolute atomic E-state index is 0.116. The van der Waals surface area contributed by atoms with Crippen molar-refractivity contribution in [1.82, 2.24) is 0 Å². The molecule has 0 aliphatic rings. The Kier molecular flexibility index (Phi) is 3.09. The van der Waals surface area contributed by atoms with Crippen molar-refractivity contribution in [3.8, 4) is 0 Å². The fourth-order valence-corrected chi connectivity index (χ4v) is 1.48. The molecule has 18 heavy (non-hydrogen) atoms. The molecule has 2 aromatic rings. The number of amides is 1. The summed E-state index contributed by atoms with van der Waals surface area (Å²) in [6.07, 6.45) is 0. The number of rotatable bonds is 3. The second-order valence-corrected chi connectivity index (χ2v) is 3.64. The third kappa shape index (κ3) is 2.37. The van der Waals surface area contributed by atoms with Crippen LogP contribution in [-0.2, 0) is 0 Å². The summed E-state index contributed by atoms with van der Waals surface area (Å²) in [6.45, 7) is 1.71. The first kappa shape index (κ1) is 11.8. The van der Waals surface area contributed by atoms with Crippen molar-refractivity contribution in [2.75, 3.05) is 5.32 Å². The Balaban J connectivity index is 2.24. The average Bonchev–Trinajstić information content (AvgIpc) is 2.76. The van der Waals surface area contributed by atoms with E-state index >= 15 is 0 Å². The second kappa shape index (κ2) is 4.70. The van der Waals surface area contributed by atoms with Gasteiger partial charge in [-0.3, -0.25) is 14.9 Å². The van der Waals surface area contributed by atoms with Crippen LogP contribution in [0.3, 0.4) is 0 Å². The predicted octanol–water partition coefficient (Wildman–Crippen LogP) is 2.75. The van der Waals surface area contributed by atoms with Gasteiger partial charge in [-0.1, -0.05) is 12.1 Å². The number of carbonyl (C=O) groups excluding carboxylic acids is 1. The summed E-state index contributed by atoms with van der Waals surface area (Å²) in [4.78, 5) is 22.0. The maximum absolute atomic E-state index is 11.8. The highest BCUT2D eigenvalue weighted by Gasteiger charge is 2.17. The summed E-state index contributed by atoms with van der Waals surface area (Å²) in [6, 6.07) is 9.09. The Morgan fingerprint density at radius 1 is 1.28 bits per heavy atom. The molecule has 0 unspecified atom stereocenters. The number of nitro benzene ring substituents is 1. The summed E-state index contributed by atoms with van der Waals surface area (Å²) in [7, 11) is 0. The van der Waals surface area contributed by atoms with Crippen LogP contribution in [0.15, 0.2) is 40.8 Å². The average molecular weight is 246 g/mol. The first-order valence-electron chi connectivity index (χ1n) is 5.19. The lowest BCUT2D eigenvalue weighted by Gasteiger charge is -2.03. The zero-order chi connectivity index (χ0) is 13.1. The SMILES string of the molecule is Cc1ccc(C(=O)Nc2ccccc2[N+](=O)[O-])o1. The first-order valence-corrected chi connectivity index (χ1v) is 5.19. The monoisotopic (exact) mass is 246 g/mol. The minimum atomic E-state index is -0.553. The predicted molar refractivity (Wildman–Crippen MR) is 64.5 cm³/mol. The van der Waals surface area contributed by atoms with Crippen LogP contribution in [0.5, 0.6) is 0 Å². The van der Waals surface area contributed by atoms with Gasteiger partial charge in [-0.25, -0.2) is 0 Å². The van der Waals surface area contributed by atoms with Crippen molar-refractivity contribution in [2.45, 2.75) is 6.92 Å². The fourth-order valence-electron chi connectivity index (χ4n) is 1.48. The van der Waals surface area contributed by atoms with E-state index in [0.717, 1.165) is 0 Å². The molecule has 0 saturated heterocycles. The normalized spacial score (nSPS) is 10.1. The van der Waals surface area contributed by atoms with Gasteiger partial charge in [-0.2, -0.15) is 0 Å². The highest BCUT2D eigenvalue weighted by molar-refractivity contribution is 6.03. The van der Waals surface area contributed by atoms with E-state index in [2.05, 4.69) is 5.32 Å². The van der Waals surface area contributed by atoms with E-state index in [1.165, 1.54) is 24.3 Å². The molecular weight excluding hydrogens is 236 g/mol. The van der Waals surface area contributed by atoms with Crippen molar-refractivity contribution in [1.29, 1.82) is 0 Å². The molecule has 0 saturated carbocycles. The van der Waals surface area contributed by atoms with Crippen LogP contribution in [0, 0.1) is 17.0 Å². The molecule has 1 N–H and O–H groups in total. The molecule has 0 bridgehead atoms. The van der Waals surface area contributed by atoms with E-state index < -0.39 is 10.8 Å². The van der Waals surface area contributed by atoms with E-state index in [-0.39, 0.29) is 17.1 Å². The number of nitro groups is 1. The largest absolute Gasteiger partial charge is 0.456 e. The Morgan fingerprint density at radius 2 is 2.00 bits per heavy atom. The summed E-state index contributed by atoms with van der Waals surface area (Å²) in [5.41, 5.74) is -0.0179. The number of para-hydroxylation sites is 2. The van der Waals surface area contributed by atoms with Gasteiger partial charge in [-0.15, -0.1) is 0 Å². The molecule has 0 radical (unpaired) electrons. The van der Waals surface area contributed by atoms with Crippen molar-refractivity contribution >= 4 is 17.3 Å². The number of nitrogens with one attached hydrogen (secondary N) is 1. The lowest BCUT2D eigenvalue weighted by molar-refractivity contribution is -0.383. The molecule has 1 aromatic heterocycles. The van der Waals surface area contributed by atoms with E-state index in [1.807, 2.05) is 0 Å². The molecule has 2 rings (SSSR count). The summed E-state index contributed by atoms with van der Waals surface area (Å²) in [5, 5.41) is 13.2. The number of nitrogens with zero attached hydrogens (tertiary/aromatic N) is 1. The molecular formula is C12H10N2O4. The van der Waals surface area contributed by atoms with E-state index in [0.29, 0.717) is 5.76 Å². The number of carbonyl (C=O) groups is 1. The van der Waals surface area contributed by atoms with Crippen molar-refractivity contribution in [3.63, 3.8) is 0 Å². The lowest BCUT2D eigenvalue weighted by Crippen LogP contribution is -2.12. The van der Waals surface area contributed by atoms with Crippen LogP contribution in [-0.4, -0.2) is 10.8 Å². The van der Waals surface area contributed by atoms with Gasteiger partial charge >= 0.3 is 0 Å². The van der Waals surface area contributed by atoms with Gasteiger partial charge in [-0.05, 0) is 25.1 Å². The summed E-state index contributed by atoms with van der Waals surface area (Å²) in [5.74, 6) is 0.200. The third-order valence-electron chi connectivity index (χ3n) is 2.31. The number of hydrogen-bond donors (Lipinski definition) is 1. The Labute approximate surface area is 102 Å². The first-order chi connectivity index (χ1) is 8.58. The van der Waals surface area contributed by atoms with Gasteiger partial charge in [0.05, 0.1) is 4.92 Å². The second-order valence-electron chi connectivity index (χ2n) is 3.64. The van der Waals surface area contributed by atoms with Gasteiger partial charge in [0.25, 0.3) is 11.6 Å². The molecule has 0 aliphatic carbocycles. The summed E-state index contributed by atoms with van der Waals surface area (Å²) >= 11 is 0. The maximum atomic E-state index is 11.8. The van der Waals surface area contributed by atoms with Gasteiger partial charge in [0.1, 0.15) is 11.4 Å². The van der Waals surface area contributed by atoms with E-state index in [4.69, 9.17) is 4.42 Å².